The Morgan fingerprint density at radius 2 is 2.00 bits per heavy atom. The van der Waals surface area contributed by atoms with Gasteiger partial charge >= 0.3 is 11.9 Å². The maximum Gasteiger partial charge on any atom is 0.375 e. The van der Waals surface area contributed by atoms with Gasteiger partial charge in [0.15, 0.2) is 0 Å². The molecule has 0 radical (unpaired) electrons. The van der Waals surface area contributed by atoms with Crippen LogP contribution in [-0.4, -0.2) is 18.0 Å². The number of ether oxygens (including phenoxy) is 2. The summed E-state index contributed by atoms with van der Waals surface area (Å²) in [7, 11) is 0. The smallest absolute Gasteiger partial charge is 0.375 e. The molecule has 0 saturated carbocycles. The lowest BCUT2D eigenvalue weighted by molar-refractivity contribution is -0.148. The number of carbonyl (C=O) groups is 2. The number of rotatable bonds is 3. The molecule has 0 aromatic heterocycles. The first-order chi connectivity index (χ1) is 8.58. The van der Waals surface area contributed by atoms with Crippen LogP contribution in [0.1, 0.15) is 19.4 Å². The maximum absolute atomic E-state index is 11.6. The number of hydrogen-bond acceptors (Lipinski definition) is 4. The van der Waals surface area contributed by atoms with Crippen LogP contribution in [0.25, 0.3) is 0 Å². The molecule has 1 atom stereocenters. The number of esters is 2. The molecule has 0 N–H and O–H groups in total. The monoisotopic (exact) mass is 246 g/mol. The lowest BCUT2D eigenvalue weighted by atomic mass is 10.0. The SMILES string of the molecule is CC(=O)OC1=C(Cc2ccccc2)C(C)OC1=O. The highest BCUT2D eigenvalue weighted by Gasteiger charge is 2.33. The molecule has 1 aliphatic rings. The van der Waals surface area contributed by atoms with Gasteiger partial charge in [-0.3, -0.25) is 4.79 Å². The van der Waals surface area contributed by atoms with Crippen molar-refractivity contribution in [3.63, 3.8) is 0 Å². The number of benzene rings is 1. The predicted molar refractivity (Wildman–Crippen MR) is 64.5 cm³/mol. The number of cyclic esters (lactones) is 1. The Labute approximate surface area is 105 Å². The van der Waals surface area contributed by atoms with Crippen molar-refractivity contribution in [3.05, 3.63) is 47.2 Å². The minimum absolute atomic E-state index is 0.0406. The molecule has 0 spiro atoms. The summed E-state index contributed by atoms with van der Waals surface area (Å²) in [5.74, 6) is -1.04. The summed E-state index contributed by atoms with van der Waals surface area (Å²) < 4.78 is 10.0. The maximum atomic E-state index is 11.6. The molecule has 0 bridgehead atoms. The van der Waals surface area contributed by atoms with E-state index in [1.165, 1.54) is 6.92 Å². The number of hydrogen-bond donors (Lipinski definition) is 0. The van der Waals surface area contributed by atoms with Crippen LogP contribution in [0, 0.1) is 0 Å². The number of carbonyl (C=O) groups excluding carboxylic acids is 2. The Kier molecular flexibility index (Phi) is 3.46. The molecule has 18 heavy (non-hydrogen) atoms. The first kappa shape index (κ1) is 12.4. The largest absolute Gasteiger partial charge is 0.452 e. The zero-order chi connectivity index (χ0) is 13.1. The van der Waals surface area contributed by atoms with Crippen molar-refractivity contribution in [3.8, 4) is 0 Å². The molecular weight excluding hydrogens is 232 g/mol. The molecule has 4 nitrogen and oxygen atoms in total. The fourth-order valence-electron chi connectivity index (χ4n) is 1.89. The molecule has 1 aliphatic heterocycles. The second-order valence-electron chi connectivity index (χ2n) is 4.16. The third-order valence-electron chi connectivity index (χ3n) is 2.73. The molecule has 4 heteroatoms. The van der Waals surface area contributed by atoms with Gasteiger partial charge in [-0.2, -0.15) is 0 Å². The summed E-state index contributed by atoms with van der Waals surface area (Å²) in [5.41, 5.74) is 1.75. The minimum Gasteiger partial charge on any atom is -0.452 e. The van der Waals surface area contributed by atoms with Crippen molar-refractivity contribution in [2.24, 2.45) is 0 Å². The standard InChI is InChI=1S/C14H14O4/c1-9-12(8-11-6-4-3-5-7-11)13(14(16)17-9)18-10(2)15/h3-7,9H,8H2,1-2H3. The van der Waals surface area contributed by atoms with Gasteiger partial charge in [0.2, 0.25) is 5.76 Å². The highest BCUT2D eigenvalue weighted by atomic mass is 16.6. The summed E-state index contributed by atoms with van der Waals surface area (Å²) in [6.45, 7) is 3.04. The molecule has 0 saturated heterocycles. The van der Waals surface area contributed by atoms with Crippen LogP contribution in [-0.2, 0) is 25.5 Å². The van der Waals surface area contributed by atoms with Gasteiger partial charge in [-0.25, -0.2) is 4.79 Å². The van der Waals surface area contributed by atoms with E-state index in [1.54, 1.807) is 6.92 Å². The summed E-state index contributed by atoms with van der Waals surface area (Å²) in [4.78, 5) is 22.5. The van der Waals surface area contributed by atoms with E-state index in [1.807, 2.05) is 30.3 Å². The zero-order valence-electron chi connectivity index (χ0n) is 10.3. The van der Waals surface area contributed by atoms with Crippen molar-refractivity contribution >= 4 is 11.9 Å². The molecule has 2 rings (SSSR count). The van der Waals surface area contributed by atoms with Crippen LogP contribution in [0.2, 0.25) is 0 Å². The van der Waals surface area contributed by atoms with Gasteiger partial charge in [-0.15, -0.1) is 0 Å². The highest BCUT2D eigenvalue weighted by molar-refractivity contribution is 5.92. The molecule has 1 aromatic carbocycles. The Morgan fingerprint density at radius 1 is 1.33 bits per heavy atom. The second-order valence-corrected chi connectivity index (χ2v) is 4.16. The van der Waals surface area contributed by atoms with Gasteiger partial charge in [-0.05, 0) is 12.5 Å². The van der Waals surface area contributed by atoms with Crippen LogP contribution in [0.4, 0.5) is 0 Å². The fourth-order valence-corrected chi connectivity index (χ4v) is 1.89. The first-order valence-electron chi connectivity index (χ1n) is 5.74. The van der Waals surface area contributed by atoms with Crippen LogP contribution < -0.4 is 0 Å². The quantitative estimate of drug-likeness (QED) is 0.765. The van der Waals surface area contributed by atoms with Gasteiger partial charge in [0, 0.05) is 18.9 Å². The summed E-state index contributed by atoms with van der Waals surface area (Å²) in [6.07, 6.45) is 0.183. The van der Waals surface area contributed by atoms with E-state index in [0.29, 0.717) is 12.0 Å². The Hall–Kier alpha value is -2.10. The molecule has 1 aromatic rings. The molecular formula is C14H14O4. The molecule has 1 heterocycles. The van der Waals surface area contributed by atoms with Crippen molar-refractivity contribution in [2.75, 3.05) is 0 Å². The van der Waals surface area contributed by atoms with Gasteiger partial charge in [0.1, 0.15) is 6.10 Å². The van der Waals surface area contributed by atoms with Crippen molar-refractivity contribution in [1.82, 2.24) is 0 Å². The van der Waals surface area contributed by atoms with Crippen molar-refractivity contribution in [1.29, 1.82) is 0 Å². The van der Waals surface area contributed by atoms with E-state index >= 15 is 0 Å². The third-order valence-corrected chi connectivity index (χ3v) is 2.73. The molecule has 0 fully saturated rings. The van der Waals surface area contributed by atoms with E-state index in [2.05, 4.69) is 0 Å². The minimum atomic E-state index is -0.566. The summed E-state index contributed by atoms with van der Waals surface area (Å²) >= 11 is 0. The topological polar surface area (TPSA) is 52.6 Å². The summed E-state index contributed by atoms with van der Waals surface area (Å²) in [5, 5.41) is 0. The van der Waals surface area contributed by atoms with Crippen molar-refractivity contribution in [2.45, 2.75) is 26.4 Å². The zero-order valence-corrected chi connectivity index (χ0v) is 10.3. The highest BCUT2D eigenvalue weighted by Crippen LogP contribution is 2.26. The van der Waals surface area contributed by atoms with Gasteiger partial charge in [0.25, 0.3) is 0 Å². The molecule has 94 valence electrons. The predicted octanol–water partition coefficient (Wildman–Crippen LogP) is 1.99. The van der Waals surface area contributed by atoms with Crippen LogP contribution in [0.3, 0.4) is 0 Å². The van der Waals surface area contributed by atoms with Crippen molar-refractivity contribution < 1.29 is 19.1 Å². The Morgan fingerprint density at radius 3 is 2.61 bits per heavy atom. The fraction of sp³-hybridized carbons (Fsp3) is 0.286. The lowest BCUT2D eigenvalue weighted by Crippen LogP contribution is -2.07. The Bertz CT molecular complexity index is 502. The first-order valence-corrected chi connectivity index (χ1v) is 5.74. The second kappa shape index (κ2) is 5.04. The average Bonchev–Trinajstić information content (AvgIpc) is 2.57. The van der Waals surface area contributed by atoms with E-state index in [4.69, 9.17) is 9.47 Å². The molecule has 0 amide bonds. The lowest BCUT2D eigenvalue weighted by Gasteiger charge is -2.08. The van der Waals surface area contributed by atoms with Gasteiger partial charge in [0.05, 0.1) is 0 Å². The van der Waals surface area contributed by atoms with E-state index in [0.717, 1.165) is 5.56 Å². The van der Waals surface area contributed by atoms with Crippen LogP contribution in [0.5, 0.6) is 0 Å². The van der Waals surface area contributed by atoms with Crippen LogP contribution in [0.15, 0.2) is 41.7 Å². The molecule has 1 unspecified atom stereocenters. The van der Waals surface area contributed by atoms with Gasteiger partial charge < -0.3 is 9.47 Å². The third kappa shape index (κ3) is 2.59. The summed E-state index contributed by atoms with van der Waals surface area (Å²) in [6, 6.07) is 9.67. The van der Waals surface area contributed by atoms with E-state index in [-0.39, 0.29) is 11.9 Å². The van der Waals surface area contributed by atoms with E-state index < -0.39 is 11.9 Å². The Balaban J connectivity index is 2.28. The van der Waals surface area contributed by atoms with Crippen LogP contribution >= 0.6 is 0 Å². The van der Waals surface area contributed by atoms with Gasteiger partial charge in [-0.1, -0.05) is 30.3 Å². The molecule has 0 aliphatic carbocycles. The average molecular weight is 246 g/mol. The van der Waals surface area contributed by atoms with E-state index in [9.17, 15) is 9.59 Å². The normalized spacial score (nSPS) is 18.8.